The standard InChI is InChI=1S/C13H11BrFN3O/c14-9-3-2-8(6-10(9)15)18-12-4-1-7(13(17)19)5-11(12)16/h1-6,18H,16H2,(H2,17,19). The van der Waals surface area contributed by atoms with Gasteiger partial charge >= 0.3 is 0 Å². The molecule has 0 bridgehead atoms. The molecule has 0 spiro atoms. The molecule has 2 rings (SSSR count). The molecule has 0 aliphatic rings. The Morgan fingerprint density at radius 1 is 1.21 bits per heavy atom. The highest BCUT2D eigenvalue weighted by Gasteiger charge is 2.06. The van der Waals surface area contributed by atoms with Crippen molar-refractivity contribution in [3.05, 3.63) is 52.3 Å². The Kier molecular flexibility index (Phi) is 3.71. The smallest absolute Gasteiger partial charge is 0.248 e. The number of halogens is 2. The van der Waals surface area contributed by atoms with E-state index in [1.54, 1.807) is 24.3 Å². The molecule has 0 radical (unpaired) electrons. The molecule has 98 valence electrons. The zero-order chi connectivity index (χ0) is 14.0. The summed E-state index contributed by atoms with van der Waals surface area (Å²) in [6.45, 7) is 0. The minimum atomic E-state index is -0.548. The third-order valence-electron chi connectivity index (χ3n) is 2.53. The minimum Gasteiger partial charge on any atom is -0.397 e. The number of carbonyl (C=O) groups is 1. The third-order valence-corrected chi connectivity index (χ3v) is 3.18. The molecule has 0 fully saturated rings. The van der Waals surface area contributed by atoms with Crippen LogP contribution in [0.5, 0.6) is 0 Å². The van der Waals surface area contributed by atoms with Crippen molar-refractivity contribution in [2.75, 3.05) is 11.1 Å². The number of carbonyl (C=O) groups excluding carboxylic acids is 1. The monoisotopic (exact) mass is 323 g/mol. The zero-order valence-corrected chi connectivity index (χ0v) is 11.4. The number of benzene rings is 2. The normalized spacial score (nSPS) is 10.2. The SMILES string of the molecule is NC(=O)c1ccc(Nc2ccc(Br)c(F)c2)c(N)c1. The molecule has 0 saturated carbocycles. The fourth-order valence-electron chi connectivity index (χ4n) is 1.56. The molecule has 0 aromatic heterocycles. The Morgan fingerprint density at radius 3 is 2.53 bits per heavy atom. The van der Waals surface area contributed by atoms with Crippen LogP contribution in [0.1, 0.15) is 10.4 Å². The molecular weight excluding hydrogens is 313 g/mol. The summed E-state index contributed by atoms with van der Waals surface area (Å²) in [6.07, 6.45) is 0. The first kappa shape index (κ1) is 13.4. The molecule has 5 N–H and O–H groups in total. The number of hydrogen-bond acceptors (Lipinski definition) is 3. The van der Waals surface area contributed by atoms with Gasteiger partial charge in [-0.05, 0) is 52.3 Å². The van der Waals surface area contributed by atoms with E-state index in [1.165, 1.54) is 12.1 Å². The number of hydrogen-bond donors (Lipinski definition) is 3. The van der Waals surface area contributed by atoms with E-state index in [4.69, 9.17) is 11.5 Å². The maximum absolute atomic E-state index is 13.4. The van der Waals surface area contributed by atoms with Gasteiger partial charge in [-0.2, -0.15) is 0 Å². The maximum Gasteiger partial charge on any atom is 0.248 e. The second-order valence-corrected chi connectivity index (χ2v) is 4.77. The lowest BCUT2D eigenvalue weighted by Crippen LogP contribution is -2.11. The van der Waals surface area contributed by atoms with Crippen LogP contribution in [0, 0.1) is 5.82 Å². The van der Waals surface area contributed by atoms with Crippen molar-refractivity contribution in [2.45, 2.75) is 0 Å². The lowest BCUT2D eigenvalue weighted by atomic mass is 10.1. The highest BCUT2D eigenvalue weighted by molar-refractivity contribution is 9.10. The number of nitrogens with one attached hydrogen (secondary N) is 1. The number of rotatable bonds is 3. The van der Waals surface area contributed by atoms with Crippen LogP contribution in [0.4, 0.5) is 21.5 Å². The van der Waals surface area contributed by atoms with Crippen molar-refractivity contribution in [2.24, 2.45) is 5.73 Å². The van der Waals surface area contributed by atoms with Gasteiger partial charge < -0.3 is 16.8 Å². The number of primary amides is 1. The lowest BCUT2D eigenvalue weighted by Gasteiger charge is -2.10. The molecule has 2 aromatic carbocycles. The van der Waals surface area contributed by atoms with E-state index in [1.807, 2.05) is 0 Å². The third kappa shape index (κ3) is 3.03. The van der Waals surface area contributed by atoms with E-state index in [9.17, 15) is 9.18 Å². The summed E-state index contributed by atoms with van der Waals surface area (Å²) in [4.78, 5) is 11.0. The molecular formula is C13H11BrFN3O. The van der Waals surface area contributed by atoms with Crippen LogP contribution >= 0.6 is 15.9 Å². The van der Waals surface area contributed by atoms with E-state index >= 15 is 0 Å². The van der Waals surface area contributed by atoms with Crippen molar-refractivity contribution < 1.29 is 9.18 Å². The van der Waals surface area contributed by atoms with Crippen molar-refractivity contribution in [1.82, 2.24) is 0 Å². The lowest BCUT2D eigenvalue weighted by molar-refractivity contribution is 0.100. The molecule has 0 saturated heterocycles. The fraction of sp³-hybridized carbons (Fsp3) is 0. The van der Waals surface area contributed by atoms with E-state index in [-0.39, 0.29) is 5.82 Å². The van der Waals surface area contributed by atoms with Crippen LogP contribution in [0.15, 0.2) is 40.9 Å². The number of anilines is 3. The molecule has 0 atom stereocenters. The summed E-state index contributed by atoms with van der Waals surface area (Å²) < 4.78 is 13.8. The van der Waals surface area contributed by atoms with Crippen molar-refractivity contribution >= 4 is 38.9 Å². The quantitative estimate of drug-likeness (QED) is 0.759. The Balaban J connectivity index is 2.28. The van der Waals surface area contributed by atoms with Crippen LogP contribution in [0.2, 0.25) is 0 Å². The van der Waals surface area contributed by atoms with Gasteiger partial charge in [0.15, 0.2) is 0 Å². The van der Waals surface area contributed by atoms with Gasteiger partial charge in [0, 0.05) is 11.3 Å². The van der Waals surface area contributed by atoms with Gasteiger partial charge in [-0.3, -0.25) is 4.79 Å². The summed E-state index contributed by atoms with van der Waals surface area (Å²) in [5.74, 6) is -0.926. The van der Waals surface area contributed by atoms with E-state index in [0.29, 0.717) is 27.1 Å². The second kappa shape index (κ2) is 5.27. The van der Waals surface area contributed by atoms with Crippen molar-refractivity contribution in [1.29, 1.82) is 0 Å². The predicted octanol–water partition coefficient (Wildman–Crippen LogP) is 3.01. The summed E-state index contributed by atoms with van der Waals surface area (Å²) >= 11 is 3.08. The Bertz CT molecular complexity index is 646. The van der Waals surface area contributed by atoms with Gasteiger partial charge in [0.2, 0.25) is 5.91 Å². The van der Waals surface area contributed by atoms with Crippen LogP contribution in [0.25, 0.3) is 0 Å². The molecule has 6 heteroatoms. The van der Waals surface area contributed by atoms with E-state index < -0.39 is 5.91 Å². The average Bonchev–Trinajstić information content (AvgIpc) is 2.36. The molecule has 1 amide bonds. The van der Waals surface area contributed by atoms with Gasteiger partial charge in [-0.1, -0.05) is 0 Å². The van der Waals surface area contributed by atoms with Gasteiger partial charge in [-0.25, -0.2) is 4.39 Å². The van der Waals surface area contributed by atoms with Crippen LogP contribution < -0.4 is 16.8 Å². The first-order valence-corrected chi connectivity index (χ1v) is 6.18. The molecule has 19 heavy (non-hydrogen) atoms. The van der Waals surface area contributed by atoms with Gasteiger partial charge in [0.1, 0.15) is 5.82 Å². The molecule has 0 heterocycles. The predicted molar refractivity (Wildman–Crippen MR) is 76.8 cm³/mol. The summed E-state index contributed by atoms with van der Waals surface area (Å²) in [7, 11) is 0. The maximum atomic E-state index is 13.4. The van der Waals surface area contributed by atoms with Crippen molar-refractivity contribution in [3.8, 4) is 0 Å². The Hall–Kier alpha value is -2.08. The first-order valence-electron chi connectivity index (χ1n) is 5.39. The number of nitrogens with two attached hydrogens (primary N) is 2. The number of nitrogen functional groups attached to an aromatic ring is 1. The first-order chi connectivity index (χ1) is 8.97. The summed E-state index contributed by atoms with van der Waals surface area (Å²) in [6, 6.07) is 9.28. The second-order valence-electron chi connectivity index (χ2n) is 3.92. The number of amides is 1. The van der Waals surface area contributed by atoms with Crippen LogP contribution in [-0.2, 0) is 0 Å². The Morgan fingerprint density at radius 2 is 1.95 bits per heavy atom. The minimum absolute atomic E-state index is 0.324. The van der Waals surface area contributed by atoms with Gasteiger partial charge in [-0.15, -0.1) is 0 Å². The average molecular weight is 324 g/mol. The largest absolute Gasteiger partial charge is 0.397 e. The highest BCUT2D eigenvalue weighted by Crippen LogP contribution is 2.26. The van der Waals surface area contributed by atoms with Gasteiger partial charge in [0.25, 0.3) is 0 Å². The fourth-order valence-corrected chi connectivity index (χ4v) is 1.81. The van der Waals surface area contributed by atoms with Crippen molar-refractivity contribution in [3.63, 3.8) is 0 Å². The molecule has 2 aromatic rings. The molecule has 0 aliphatic carbocycles. The topological polar surface area (TPSA) is 81.1 Å². The summed E-state index contributed by atoms with van der Waals surface area (Å²) in [5.41, 5.74) is 12.8. The highest BCUT2D eigenvalue weighted by atomic mass is 79.9. The molecule has 0 aliphatic heterocycles. The van der Waals surface area contributed by atoms with Gasteiger partial charge in [0.05, 0.1) is 15.8 Å². The zero-order valence-electron chi connectivity index (χ0n) is 9.78. The summed E-state index contributed by atoms with van der Waals surface area (Å²) in [5, 5.41) is 2.97. The van der Waals surface area contributed by atoms with Crippen LogP contribution in [0.3, 0.4) is 0 Å². The van der Waals surface area contributed by atoms with E-state index in [0.717, 1.165) is 0 Å². The van der Waals surface area contributed by atoms with E-state index in [2.05, 4.69) is 21.2 Å². The molecule has 4 nitrogen and oxygen atoms in total. The Labute approximate surface area is 117 Å². The molecule has 0 unspecified atom stereocenters. The van der Waals surface area contributed by atoms with Crippen LogP contribution in [-0.4, -0.2) is 5.91 Å².